The first-order valence-electron chi connectivity index (χ1n) is 10.3. The fraction of sp³-hybridized carbons (Fsp3) is 0.208. The Morgan fingerprint density at radius 2 is 1.61 bits per heavy atom. The van der Waals surface area contributed by atoms with Gasteiger partial charge in [0.25, 0.3) is 10.0 Å². The maximum atomic E-state index is 12.3. The number of piperidine rings is 1. The van der Waals surface area contributed by atoms with E-state index in [9.17, 15) is 8.42 Å². The second-order valence-corrected chi connectivity index (χ2v) is 8.96. The molecule has 0 radical (unpaired) electrons. The molecule has 2 heterocycles. The van der Waals surface area contributed by atoms with Crippen LogP contribution in [0.5, 0.6) is 5.75 Å². The average molecular weight is 436 g/mol. The number of pyridine rings is 1. The maximum absolute atomic E-state index is 12.3. The molecule has 1 aromatic heterocycles. The zero-order valence-corrected chi connectivity index (χ0v) is 17.9. The highest BCUT2D eigenvalue weighted by atomic mass is 32.2. The summed E-state index contributed by atoms with van der Waals surface area (Å²) in [5.74, 6) is 0.741. The Morgan fingerprint density at radius 3 is 2.29 bits per heavy atom. The Bertz CT molecular complexity index is 1090. The normalized spacial score (nSPS) is 15.2. The molecule has 3 aromatic rings. The van der Waals surface area contributed by atoms with Crippen LogP contribution in [0.15, 0.2) is 84.5 Å². The summed E-state index contributed by atoms with van der Waals surface area (Å²) in [5, 5.41) is 1.17. The van der Waals surface area contributed by atoms with Crippen molar-refractivity contribution in [1.29, 1.82) is 0 Å². The van der Waals surface area contributed by atoms with Crippen LogP contribution in [-0.4, -0.2) is 32.6 Å². The van der Waals surface area contributed by atoms with Gasteiger partial charge in [-0.2, -0.15) is 0 Å². The number of hydrogen-bond acceptors (Lipinski definition) is 5. The second-order valence-electron chi connectivity index (χ2n) is 7.39. The van der Waals surface area contributed by atoms with Gasteiger partial charge in [0.05, 0.1) is 5.41 Å². The Balaban J connectivity index is 1.29. The van der Waals surface area contributed by atoms with Gasteiger partial charge in [-0.1, -0.05) is 30.3 Å². The van der Waals surface area contributed by atoms with E-state index in [1.165, 1.54) is 11.1 Å². The zero-order valence-electron chi connectivity index (χ0n) is 17.1. The average Bonchev–Trinajstić information content (AvgIpc) is 2.81. The van der Waals surface area contributed by atoms with Gasteiger partial charge in [-0.05, 0) is 48.0 Å². The van der Waals surface area contributed by atoms with Crippen LogP contribution in [0.25, 0.3) is 6.08 Å². The summed E-state index contributed by atoms with van der Waals surface area (Å²) in [7, 11) is -3.59. The van der Waals surface area contributed by atoms with Gasteiger partial charge in [-0.3, -0.25) is 9.71 Å². The highest BCUT2D eigenvalue weighted by Crippen LogP contribution is 2.24. The molecule has 1 fully saturated rings. The molecule has 7 heteroatoms. The molecule has 0 atom stereocenters. The molecular weight excluding hydrogens is 410 g/mol. The third-order valence-electron chi connectivity index (χ3n) is 5.13. The standard InChI is InChI=1S/C24H25N3O3S/c28-31(29,19-14-20-4-2-1-3-5-20)26-21-6-8-23(9-7-21)30-24-12-17-27(18-13-24)22-10-15-25-16-11-22/h1-11,14-16,19,24,26H,12-13,17-18H2. The van der Waals surface area contributed by atoms with Crippen LogP contribution >= 0.6 is 0 Å². The smallest absolute Gasteiger partial charge is 0.255 e. The van der Waals surface area contributed by atoms with Crippen molar-refractivity contribution in [2.75, 3.05) is 22.7 Å². The van der Waals surface area contributed by atoms with Crippen molar-refractivity contribution in [3.05, 3.63) is 90.1 Å². The number of nitrogens with one attached hydrogen (secondary N) is 1. The molecule has 0 bridgehead atoms. The lowest BCUT2D eigenvalue weighted by molar-refractivity contribution is 0.171. The molecule has 1 N–H and O–H groups in total. The molecular formula is C24H25N3O3S. The SMILES string of the molecule is O=S(=O)(C=Cc1ccccc1)Nc1ccc(OC2CCN(c3ccncc3)CC2)cc1. The summed E-state index contributed by atoms with van der Waals surface area (Å²) in [6, 6.07) is 20.4. The van der Waals surface area contributed by atoms with Crippen LogP contribution in [0.1, 0.15) is 18.4 Å². The summed E-state index contributed by atoms with van der Waals surface area (Å²) in [5.41, 5.74) is 2.51. The molecule has 0 amide bonds. The number of benzene rings is 2. The predicted octanol–water partition coefficient (Wildman–Crippen LogP) is 4.54. The van der Waals surface area contributed by atoms with Crippen LogP contribution in [0.3, 0.4) is 0 Å². The number of sulfonamides is 1. The van der Waals surface area contributed by atoms with Crippen molar-refractivity contribution >= 4 is 27.5 Å². The molecule has 0 unspecified atom stereocenters. The van der Waals surface area contributed by atoms with Crippen LogP contribution in [0, 0.1) is 0 Å². The Labute approximate surface area is 183 Å². The molecule has 2 aromatic carbocycles. The van der Waals surface area contributed by atoms with Gasteiger partial charge in [-0.25, -0.2) is 8.42 Å². The van der Waals surface area contributed by atoms with E-state index in [2.05, 4.69) is 14.6 Å². The van der Waals surface area contributed by atoms with Gasteiger partial charge in [0, 0.05) is 49.7 Å². The minimum absolute atomic E-state index is 0.148. The summed E-state index contributed by atoms with van der Waals surface area (Å²) in [4.78, 5) is 6.40. The van der Waals surface area contributed by atoms with E-state index in [0.29, 0.717) is 5.69 Å². The van der Waals surface area contributed by atoms with Gasteiger partial charge < -0.3 is 9.64 Å². The van der Waals surface area contributed by atoms with Gasteiger partial charge in [-0.15, -0.1) is 0 Å². The second kappa shape index (κ2) is 9.66. The largest absolute Gasteiger partial charge is 0.490 e. The molecule has 6 nitrogen and oxygen atoms in total. The lowest BCUT2D eigenvalue weighted by atomic mass is 10.1. The molecule has 160 valence electrons. The van der Waals surface area contributed by atoms with Gasteiger partial charge in [0.15, 0.2) is 0 Å². The number of hydrogen-bond donors (Lipinski definition) is 1. The molecule has 0 spiro atoms. The van der Waals surface area contributed by atoms with Crippen molar-refractivity contribution in [3.63, 3.8) is 0 Å². The van der Waals surface area contributed by atoms with Crippen LogP contribution in [0.2, 0.25) is 0 Å². The fourth-order valence-electron chi connectivity index (χ4n) is 3.51. The van der Waals surface area contributed by atoms with Crippen LogP contribution < -0.4 is 14.4 Å². The van der Waals surface area contributed by atoms with Gasteiger partial charge in [0.1, 0.15) is 11.9 Å². The van der Waals surface area contributed by atoms with E-state index < -0.39 is 10.0 Å². The Hall–Kier alpha value is -3.32. The van der Waals surface area contributed by atoms with Crippen LogP contribution in [-0.2, 0) is 10.0 Å². The third kappa shape index (κ3) is 6.08. The topological polar surface area (TPSA) is 71.5 Å². The van der Waals surface area contributed by atoms with E-state index in [-0.39, 0.29) is 6.10 Å². The van der Waals surface area contributed by atoms with Crippen molar-refractivity contribution < 1.29 is 13.2 Å². The molecule has 1 aliphatic rings. The summed E-state index contributed by atoms with van der Waals surface area (Å²) < 4.78 is 33.2. The van der Waals surface area contributed by atoms with Gasteiger partial charge in [0.2, 0.25) is 0 Å². The van der Waals surface area contributed by atoms with Crippen molar-refractivity contribution in [2.24, 2.45) is 0 Å². The number of aromatic nitrogens is 1. The molecule has 4 rings (SSSR count). The van der Waals surface area contributed by atoms with Crippen molar-refractivity contribution in [1.82, 2.24) is 4.98 Å². The monoisotopic (exact) mass is 435 g/mol. The maximum Gasteiger partial charge on any atom is 0.255 e. The predicted molar refractivity (Wildman–Crippen MR) is 125 cm³/mol. The van der Waals surface area contributed by atoms with E-state index in [4.69, 9.17) is 4.74 Å². The number of nitrogens with zero attached hydrogens (tertiary/aromatic N) is 2. The molecule has 31 heavy (non-hydrogen) atoms. The summed E-state index contributed by atoms with van der Waals surface area (Å²) in [6.07, 6.45) is 7.20. The van der Waals surface area contributed by atoms with E-state index in [1.807, 2.05) is 54.9 Å². The molecule has 0 aliphatic carbocycles. The highest BCUT2D eigenvalue weighted by Gasteiger charge is 2.20. The lowest BCUT2D eigenvalue weighted by Crippen LogP contribution is -2.38. The van der Waals surface area contributed by atoms with Crippen molar-refractivity contribution in [3.8, 4) is 5.75 Å². The van der Waals surface area contributed by atoms with E-state index in [1.54, 1.807) is 30.3 Å². The first kappa shape index (κ1) is 20.9. The van der Waals surface area contributed by atoms with Crippen LogP contribution in [0.4, 0.5) is 11.4 Å². The summed E-state index contributed by atoms with van der Waals surface area (Å²) in [6.45, 7) is 1.86. The zero-order chi connectivity index (χ0) is 21.5. The van der Waals surface area contributed by atoms with E-state index in [0.717, 1.165) is 37.2 Å². The quantitative estimate of drug-likeness (QED) is 0.590. The Kier molecular flexibility index (Phi) is 6.52. The minimum atomic E-state index is -3.59. The highest BCUT2D eigenvalue weighted by molar-refractivity contribution is 7.95. The third-order valence-corrected chi connectivity index (χ3v) is 6.14. The number of rotatable bonds is 7. The lowest BCUT2D eigenvalue weighted by Gasteiger charge is -2.33. The Morgan fingerprint density at radius 1 is 0.935 bits per heavy atom. The minimum Gasteiger partial charge on any atom is -0.490 e. The number of ether oxygens (including phenoxy) is 1. The summed E-state index contributed by atoms with van der Waals surface area (Å²) >= 11 is 0. The molecule has 1 saturated heterocycles. The van der Waals surface area contributed by atoms with E-state index >= 15 is 0 Å². The fourth-order valence-corrected chi connectivity index (χ4v) is 4.38. The first-order chi connectivity index (χ1) is 15.1. The number of anilines is 2. The van der Waals surface area contributed by atoms with Crippen molar-refractivity contribution in [2.45, 2.75) is 18.9 Å². The molecule has 0 saturated carbocycles. The van der Waals surface area contributed by atoms with Gasteiger partial charge >= 0.3 is 0 Å². The first-order valence-corrected chi connectivity index (χ1v) is 11.8. The molecule has 1 aliphatic heterocycles.